The highest BCUT2D eigenvalue weighted by atomic mass is 16.6. The monoisotopic (exact) mass is 402 g/mol. The summed E-state index contributed by atoms with van der Waals surface area (Å²) in [5, 5.41) is 0. The molecule has 0 aromatic carbocycles. The molecule has 1 saturated heterocycles. The Morgan fingerprint density at radius 2 is 1.32 bits per heavy atom. The predicted octanol–water partition coefficient (Wildman–Crippen LogP) is 3.01. The zero-order valence-corrected chi connectivity index (χ0v) is 17.4. The summed E-state index contributed by atoms with van der Waals surface area (Å²) in [7, 11) is 0. The van der Waals surface area contributed by atoms with Crippen LogP contribution in [0.5, 0.6) is 0 Å². The lowest BCUT2D eigenvalue weighted by Crippen LogP contribution is -2.39. The zero-order valence-electron chi connectivity index (χ0n) is 17.4. The highest BCUT2D eigenvalue weighted by Crippen LogP contribution is 2.10. The Bertz CT molecular complexity index is 424. The first kappa shape index (κ1) is 26.3. The van der Waals surface area contributed by atoms with Crippen molar-refractivity contribution < 1.29 is 28.6 Å². The molecule has 1 heterocycles. The lowest BCUT2D eigenvalue weighted by Gasteiger charge is -2.17. The van der Waals surface area contributed by atoms with E-state index in [1.54, 1.807) is 0 Å². The van der Waals surface area contributed by atoms with Gasteiger partial charge in [-0.1, -0.05) is 64.7 Å². The Labute approximate surface area is 168 Å². The summed E-state index contributed by atoms with van der Waals surface area (Å²) in [4.78, 5) is 36.4. The zero-order chi connectivity index (χ0) is 19.7. The lowest BCUT2D eigenvalue weighted by atomic mass is 10.1. The van der Waals surface area contributed by atoms with Crippen LogP contribution in [0.4, 0.5) is 0 Å². The van der Waals surface area contributed by atoms with E-state index in [1.165, 1.54) is 49.8 Å². The van der Waals surface area contributed by atoms with Gasteiger partial charge in [-0.05, 0) is 6.42 Å². The van der Waals surface area contributed by atoms with Crippen LogP contribution in [0.3, 0.4) is 0 Å². The molecule has 1 aliphatic heterocycles. The first-order chi connectivity index (χ1) is 13.1. The van der Waals surface area contributed by atoms with E-state index < -0.39 is 17.9 Å². The molecule has 0 unspecified atom stereocenters. The minimum absolute atomic E-state index is 0. The van der Waals surface area contributed by atoms with Gasteiger partial charge in [0.05, 0.1) is 26.2 Å². The maximum Gasteiger partial charge on any atom is 0.320 e. The van der Waals surface area contributed by atoms with Crippen LogP contribution in [0, 0.1) is 0 Å². The number of nitrogens with zero attached hydrogens (tertiary/aromatic N) is 1. The molecule has 0 bridgehead atoms. The highest BCUT2D eigenvalue weighted by molar-refractivity contribution is 5.78. The summed E-state index contributed by atoms with van der Waals surface area (Å²) < 4.78 is 15.0. The van der Waals surface area contributed by atoms with E-state index in [4.69, 9.17) is 14.2 Å². The van der Waals surface area contributed by atoms with Crippen molar-refractivity contribution in [3.63, 3.8) is 0 Å². The molecule has 1 fully saturated rings. The molecule has 0 radical (unpaired) electrons. The standard InChI is InChI=1S/C20H35NO6.H3N/c1-2-3-4-5-6-7-8-9-10-11-12-25-18(22)15-21-16-19(23)26-13-14-27-20(24)17-21;/h2-17H2,1H3;1H3. The Kier molecular flexibility index (Phi) is 16.4. The number of cyclic esters (lactones) is 2. The molecule has 0 spiro atoms. The summed E-state index contributed by atoms with van der Waals surface area (Å²) in [5.41, 5.74) is 0. The van der Waals surface area contributed by atoms with Gasteiger partial charge in [0.15, 0.2) is 0 Å². The number of carbonyl (C=O) groups is 3. The summed E-state index contributed by atoms with van der Waals surface area (Å²) in [6.07, 6.45) is 12.2. The van der Waals surface area contributed by atoms with Crippen molar-refractivity contribution in [2.75, 3.05) is 39.5 Å². The molecule has 1 rings (SSSR count). The van der Waals surface area contributed by atoms with E-state index in [0.717, 1.165) is 19.3 Å². The Morgan fingerprint density at radius 3 is 1.82 bits per heavy atom. The van der Waals surface area contributed by atoms with Crippen molar-refractivity contribution in [2.45, 2.75) is 71.1 Å². The fourth-order valence-corrected chi connectivity index (χ4v) is 2.94. The Morgan fingerprint density at radius 1 is 0.857 bits per heavy atom. The summed E-state index contributed by atoms with van der Waals surface area (Å²) >= 11 is 0. The molecule has 28 heavy (non-hydrogen) atoms. The van der Waals surface area contributed by atoms with E-state index in [9.17, 15) is 14.4 Å². The fourth-order valence-electron chi connectivity index (χ4n) is 2.94. The molecule has 3 N–H and O–H groups in total. The van der Waals surface area contributed by atoms with Crippen molar-refractivity contribution in [1.82, 2.24) is 11.1 Å². The summed E-state index contributed by atoms with van der Waals surface area (Å²) in [6.45, 7) is 2.32. The van der Waals surface area contributed by atoms with Crippen LogP contribution in [0.1, 0.15) is 71.1 Å². The minimum Gasteiger partial charge on any atom is -0.465 e. The molecule has 0 aliphatic carbocycles. The van der Waals surface area contributed by atoms with Gasteiger partial charge in [-0.25, -0.2) is 0 Å². The third-order valence-electron chi connectivity index (χ3n) is 4.43. The number of rotatable bonds is 13. The van der Waals surface area contributed by atoms with Gasteiger partial charge in [0, 0.05) is 0 Å². The van der Waals surface area contributed by atoms with Gasteiger partial charge in [0.1, 0.15) is 13.2 Å². The van der Waals surface area contributed by atoms with Crippen LogP contribution in [-0.2, 0) is 28.6 Å². The van der Waals surface area contributed by atoms with Gasteiger partial charge in [-0.3, -0.25) is 19.3 Å². The molecule has 0 amide bonds. The maximum atomic E-state index is 11.9. The maximum absolute atomic E-state index is 11.9. The molecular weight excluding hydrogens is 364 g/mol. The molecular formula is C20H38N2O6. The SMILES string of the molecule is CCCCCCCCCCCCOC(=O)CN1CC(=O)OCCOC(=O)C1.N. The summed E-state index contributed by atoms with van der Waals surface area (Å²) in [5.74, 6) is -1.39. The first-order valence-corrected chi connectivity index (χ1v) is 10.3. The van der Waals surface area contributed by atoms with Gasteiger partial charge in [-0.15, -0.1) is 0 Å². The van der Waals surface area contributed by atoms with E-state index in [2.05, 4.69) is 6.92 Å². The van der Waals surface area contributed by atoms with Crippen molar-refractivity contribution in [2.24, 2.45) is 0 Å². The number of carbonyl (C=O) groups excluding carboxylic acids is 3. The quantitative estimate of drug-likeness (QED) is 0.284. The molecule has 8 nitrogen and oxygen atoms in total. The van der Waals surface area contributed by atoms with E-state index in [1.807, 2.05) is 0 Å². The number of hydrogen-bond donors (Lipinski definition) is 1. The van der Waals surface area contributed by atoms with Crippen LogP contribution >= 0.6 is 0 Å². The molecule has 164 valence electrons. The van der Waals surface area contributed by atoms with E-state index in [0.29, 0.717) is 6.61 Å². The third-order valence-corrected chi connectivity index (χ3v) is 4.43. The van der Waals surface area contributed by atoms with Gasteiger partial charge in [0.2, 0.25) is 0 Å². The van der Waals surface area contributed by atoms with E-state index >= 15 is 0 Å². The average Bonchev–Trinajstić information content (AvgIpc) is 2.70. The van der Waals surface area contributed by atoms with Crippen molar-refractivity contribution >= 4 is 17.9 Å². The van der Waals surface area contributed by atoms with Crippen LogP contribution < -0.4 is 6.15 Å². The fraction of sp³-hybridized carbons (Fsp3) is 0.850. The molecule has 0 saturated carbocycles. The van der Waals surface area contributed by atoms with Gasteiger partial charge in [-0.2, -0.15) is 0 Å². The van der Waals surface area contributed by atoms with Gasteiger partial charge >= 0.3 is 17.9 Å². The number of ether oxygens (including phenoxy) is 3. The topological polar surface area (TPSA) is 117 Å². The first-order valence-electron chi connectivity index (χ1n) is 10.3. The molecule has 0 aromatic rings. The second-order valence-corrected chi connectivity index (χ2v) is 6.99. The average molecular weight is 403 g/mol. The lowest BCUT2D eigenvalue weighted by molar-refractivity contribution is -0.148. The summed E-state index contributed by atoms with van der Waals surface area (Å²) in [6, 6.07) is 0. The second kappa shape index (κ2) is 17.4. The van der Waals surface area contributed by atoms with Crippen LogP contribution in [0.25, 0.3) is 0 Å². The Hall–Kier alpha value is -1.67. The van der Waals surface area contributed by atoms with Gasteiger partial charge in [0.25, 0.3) is 0 Å². The van der Waals surface area contributed by atoms with Crippen molar-refractivity contribution in [1.29, 1.82) is 0 Å². The normalized spacial score (nSPS) is 15.5. The minimum atomic E-state index is -0.476. The second-order valence-electron chi connectivity index (χ2n) is 6.99. The molecule has 8 heteroatoms. The number of esters is 3. The largest absolute Gasteiger partial charge is 0.465 e. The predicted molar refractivity (Wildman–Crippen MR) is 106 cm³/mol. The third kappa shape index (κ3) is 14.4. The van der Waals surface area contributed by atoms with E-state index in [-0.39, 0.29) is 39.0 Å². The molecule has 0 atom stereocenters. The molecule has 1 aliphatic rings. The van der Waals surface area contributed by atoms with Crippen LogP contribution in [0.15, 0.2) is 0 Å². The molecule has 0 aromatic heterocycles. The number of unbranched alkanes of at least 4 members (excludes halogenated alkanes) is 9. The highest BCUT2D eigenvalue weighted by Gasteiger charge is 2.21. The van der Waals surface area contributed by atoms with Crippen LogP contribution in [-0.4, -0.2) is 62.3 Å². The van der Waals surface area contributed by atoms with Crippen molar-refractivity contribution in [3.8, 4) is 0 Å². The Balaban J connectivity index is 0.00000729. The smallest absolute Gasteiger partial charge is 0.320 e. The van der Waals surface area contributed by atoms with Gasteiger partial charge < -0.3 is 20.4 Å². The van der Waals surface area contributed by atoms with Crippen molar-refractivity contribution in [3.05, 3.63) is 0 Å². The number of hydrogen-bond acceptors (Lipinski definition) is 8. The van der Waals surface area contributed by atoms with Crippen LogP contribution in [0.2, 0.25) is 0 Å².